The summed E-state index contributed by atoms with van der Waals surface area (Å²) in [5.41, 5.74) is 0.504. The van der Waals surface area contributed by atoms with Crippen molar-refractivity contribution in [2.75, 3.05) is 33.7 Å². The zero-order valence-electron chi connectivity index (χ0n) is 15.2. The summed E-state index contributed by atoms with van der Waals surface area (Å²) in [4.78, 5) is 21.4. The first-order valence-corrected chi connectivity index (χ1v) is 9.27. The number of rotatable bonds is 5. The van der Waals surface area contributed by atoms with Gasteiger partial charge in [-0.05, 0) is 45.1 Å². The van der Waals surface area contributed by atoms with Gasteiger partial charge in [0.25, 0.3) is 5.91 Å². The number of benzene rings is 1. The minimum atomic E-state index is -0.0528. The van der Waals surface area contributed by atoms with E-state index in [1.807, 2.05) is 17.3 Å². The third-order valence-electron chi connectivity index (χ3n) is 4.80. The van der Waals surface area contributed by atoms with Crippen molar-refractivity contribution in [3.63, 3.8) is 0 Å². The molecule has 1 N–H and O–H groups in total. The van der Waals surface area contributed by atoms with Crippen LogP contribution in [-0.4, -0.2) is 64.1 Å². The topological polar surface area (TPSA) is 61.6 Å². The maximum Gasteiger partial charge on any atom is 0.253 e. The van der Waals surface area contributed by atoms with Gasteiger partial charge in [0.05, 0.1) is 5.02 Å². The van der Waals surface area contributed by atoms with Gasteiger partial charge in [-0.3, -0.25) is 4.79 Å². The number of likely N-dealkylation sites (N-methyl/N-ethyl adjacent to an activating group) is 1. The molecule has 1 saturated heterocycles. The summed E-state index contributed by atoms with van der Waals surface area (Å²) in [5, 5.41) is 9.75. The summed E-state index contributed by atoms with van der Waals surface area (Å²) >= 11 is 5.95. The number of halogens is 1. The molecule has 2 aromatic rings. The lowest BCUT2D eigenvalue weighted by Crippen LogP contribution is -2.39. The Kier molecular flexibility index (Phi) is 5.84. The Bertz CT molecular complexity index is 775. The molecule has 0 aliphatic carbocycles. The largest absolute Gasteiger partial charge is 0.506 e. The second kappa shape index (κ2) is 8.10. The van der Waals surface area contributed by atoms with Gasteiger partial charge < -0.3 is 19.5 Å². The molecule has 0 unspecified atom stereocenters. The molecule has 1 amide bonds. The Morgan fingerprint density at radius 1 is 1.42 bits per heavy atom. The molecular weight excluding hydrogens is 352 g/mol. The van der Waals surface area contributed by atoms with E-state index in [0.717, 1.165) is 38.3 Å². The monoisotopic (exact) mass is 376 g/mol. The zero-order valence-corrected chi connectivity index (χ0v) is 16.0. The average molecular weight is 377 g/mol. The molecule has 2 heterocycles. The Labute approximate surface area is 159 Å². The van der Waals surface area contributed by atoms with Crippen molar-refractivity contribution in [1.29, 1.82) is 0 Å². The van der Waals surface area contributed by atoms with Crippen LogP contribution in [0.15, 0.2) is 30.6 Å². The molecule has 26 heavy (non-hydrogen) atoms. The fourth-order valence-corrected chi connectivity index (χ4v) is 3.55. The number of piperidine rings is 1. The molecule has 6 nitrogen and oxygen atoms in total. The highest BCUT2D eigenvalue weighted by Gasteiger charge is 2.28. The summed E-state index contributed by atoms with van der Waals surface area (Å²) in [5.74, 6) is 1.22. The Balaban J connectivity index is 1.72. The van der Waals surface area contributed by atoms with Crippen LogP contribution in [0.4, 0.5) is 0 Å². The van der Waals surface area contributed by atoms with Crippen LogP contribution in [0.25, 0.3) is 0 Å². The highest BCUT2D eigenvalue weighted by Crippen LogP contribution is 2.29. The lowest BCUT2D eigenvalue weighted by atomic mass is 9.96. The Morgan fingerprint density at radius 2 is 2.23 bits per heavy atom. The molecular formula is C19H25ClN4O2. The highest BCUT2D eigenvalue weighted by molar-refractivity contribution is 6.32. The number of imidazole rings is 1. The minimum absolute atomic E-state index is 0.0114. The van der Waals surface area contributed by atoms with E-state index in [1.54, 1.807) is 6.07 Å². The van der Waals surface area contributed by atoms with E-state index in [-0.39, 0.29) is 22.6 Å². The van der Waals surface area contributed by atoms with Gasteiger partial charge >= 0.3 is 0 Å². The molecule has 1 aliphatic rings. The zero-order chi connectivity index (χ0) is 18.7. The molecule has 0 spiro atoms. The van der Waals surface area contributed by atoms with Crippen LogP contribution in [0.2, 0.25) is 5.02 Å². The predicted molar refractivity (Wildman–Crippen MR) is 102 cm³/mol. The third-order valence-corrected chi connectivity index (χ3v) is 5.11. The standard InChI is InChI=1S/C19H25ClN4O2/c1-22(2)10-11-23-9-7-21-18(23)15-4-3-8-24(13-15)19(26)14-5-6-17(25)16(20)12-14/h5-7,9,12,15,25H,3-4,8,10-11,13H2,1-2H3/t15-/m0/s1. The molecule has 0 saturated carbocycles. The Hall–Kier alpha value is -2.05. The molecule has 1 aromatic heterocycles. The van der Waals surface area contributed by atoms with Crippen LogP contribution in [0, 0.1) is 0 Å². The molecule has 0 radical (unpaired) electrons. The van der Waals surface area contributed by atoms with Gasteiger partial charge in [-0.1, -0.05) is 11.6 Å². The maximum atomic E-state index is 12.8. The summed E-state index contributed by atoms with van der Waals surface area (Å²) in [6.45, 7) is 3.22. The van der Waals surface area contributed by atoms with E-state index < -0.39 is 0 Å². The minimum Gasteiger partial charge on any atom is -0.506 e. The van der Waals surface area contributed by atoms with E-state index in [1.165, 1.54) is 12.1 Å². The number of nitrogens with zero attached hydrogens (tertiary/aromatic N) is 4. The van der Waals surface area contributed by atoms with Crippen LogP contribution in [0.5, 0.6) is 5.75 Å². The number of likely N-dealkylation sites (tertiary alicyclic amines) is 1. The van der Waals surface area contributed by atoms with Gasteiger partial charge in [-0.25, -0.2) is 4.98 Å². The normalized spacial score (nSPS) is 17.7. The third kappa shape index (κ3) is 4.19. The molecule has 3 rings (SSSR count). The molecule has 1 aromatic carbocycles. The van der Waals surface area contributed by atoms with Crippen molar-refractivity contribution in [3.8, 4) is 5.75 Å². The fourth-order valence-electron chi connectivity index (χ4n) is 3.37. The van der Waals surface area contributed by atoms with E-state index >= 15 is 0 Å². The number of aromatic hydroxyl groups is 1. The summed E-state index contributed by atoms with van der Waals surface area (Å²) in [6.07, 6.45) is 5.83. The number of phenols is 1. The number of carbonyl (C=O) groups is 1. The predicted octanol–water partition coefficient (Wildman–Crippen LogP) is 2.82. The van der Waals surface area contributed by atoms with Gasteiger partial charge in [0.1, 0.15) is 11.6 Å². The SMILES string of the molecule is CN(C)CCn1ccnc1[C@H]1CCCN(C(=O)c2ccc(O)c(Cl)c2)C1. The summed E-state index contributed by atoms with van der Waals surface area (Å²) < 4.78 is 2.19. The maximum absolute atomic E-state index is 12.8. The summed E-state index contributed by atoms with van der Waals surface area (Å²) in [6, 6.07) is 4.61. The molecule has 1 fully saturated rings. The lowest BCUT2D eigenvalue weighted by Gasteiger charge is -2.33. The quantitative estimate of drug-likeness (QED) is 0.871. The smallest absolute Gasteiger partial charge is 0.253 e. The molecule has 1 atom stereocenters. The number of phenolic OH excluding ortho intramolecular Hbond substituents is 1. The van der Waals surface area contributed by atoms with E-state index in [2.05, 4.69) is 28.5 Å². The van der Waals surface area contributed by atoms with Crippen LogP contribution >= 0.6 is 11.6 Å². The first-order chi connectivity index (χ1) is 12.5. The lowest BCUT2D eigenvalue weighted by molar-refractivity contribution is 0.0703. The van der Waals surface area contributed by atoms with E-state index in [0.29, 0.717) is 12.1 Å². The van der Waals surface area contributed by atoms with Crippen LogP contribution in [0.3, 0.4) is 0 Å². The van der Waals surface area contributed by atoms with Gasteiger partial charge in [0, 0.05) is 50.1 Å². The summed E-state index contributed by atoms with van der Waals surface area (Å²) in [7, 11) is 4.11. The van der Waals surface area contributed by atoms with Crippen molar-refractivity contribution in [3.05, 3.63) is 47.0 Å². The van der Waals surface area contributed by atoms with Crippen molar-refractivity contribution in [2.45, 2.75) is 25.3 Å². The average Bonchev–Trinajstić information content (AvgIpc) is 3.10. The van der Waals surface area contributed by atoms with E-state index in [9.17, 15) is 9.90 Å². The number of aromatic nitrogens is 2. The number of hydrogen-bond donors (Lipinski definition) is 1. The first kappa shape index (κ1) is 18.7. The van der Waals surface area contributed by atoms with Gasteiger partial charge in [0.2, 0.25) is 0 Å². The molecule has 140 valence electrons. The fraction of sp³-hybridized carbons (Fsp3) is 0.474. The first-order valence-electron chi connectivity index (χ1n) is 8.89. The van der Waals surface area contributed by atoms with Gasteiger partial charge in [-0.2, -0.15) is 0 Å². The number of hydrogen-bond acceptors (Lipinski definition) is 4. The van der Waals surface area contributed by atoms with Crippen molar-refractivity contribution in [1.82, 2.24) is 19.4 Å². The van der Waals surface area contributed by atoms with Crippen molar-refractivity contribution >= 4 is 17.5 Å². The second-order valence-electron chi connectivity index (χ2n) is 7.04. The Morgan fingerprint density at radius 3 is 2.96 bits per heavy atom. The highest BCUT2D eigenvalue weighted by atomic mass is 35.5. The molecule has 7 heteroatoms. The number of amides is 1. The van der Waals surface area contributed by atoms with Gasteiger partial charge in [-0.15, -0.1) is 0 Å². The molecule has 1 aliphatic heterocycles. The van der Waals surface area contributed by atoms with Crippen molar-refractivity contribution < 1.29 is 9.90 Å². The second-order valence-corrected chi connectivity index (χ2v) is 7.45. The van der Waals surface area contributed by atoms with Crippen molar-refractivity contribution in [2.24, 2.45) is 0 Å². The molecule has 0 bridgehead atoms. The van der Waals surface area contributed by atoms with Crippen LogP contribution in [-0.2, 0) is 6.54 Å². The van der Waals surface area contributed by atoms with Crippen LogP contribution < -0.4 is 0 Å². The number of carbonyl (C=O) groups excluding carboxylic acids is 1. The van der Waals surface area contributed by atoms with Gasteiger partial charge in [0.15, 0.2) is 0 Å². The van der Waals surface area contributed by atoms with E-state index in [4.69, 9.17) is 11.6 Å². The van der Waals surface area contributed by atoms with Crippen LogP contribution in [0.1, 0.15) is 34.9 Å².